The second kappa shape index (κ2) is 5.45. The zero-order chi connectivity index (χ0) is 15.9. The molecular formula is C17H17N3O2S. The Balaban J connectivity index is 1.57. The van der Waals surface area contributed by atoms with E-state index >= 15 is 0 Å². The van der Waals surface area contributed by atoms with Crippen LogP contribution in [0, 0.1) is 6.92 Å². The van der Waals surface area contributed by atoms with Crippen LogP contribution in [0.5, 0.6) is 5.75 Å². The minimum atomic E-state index is -0.429. The number of benzene rings is 1. The fourth-order valence-electron chi connectivity index (χ4n) is 3.17. The molecule has 1 atom stereocenters. The average molecular weight is 327 g/mol. The molecule has 23 heavy (non-hydrogen) atoms. The van der Waals surface area contributed by atoms with E-state index in [1.807, 2.05) is 29.2 Å². The van der Waals surface area contributed by atoms with E-state index < -0.39 is 5.60 Å². The fourth-order valence-corrected chi connectivity index (χ4v) is 3.81. The minimum absolute atomic E-state index is 0.0504. The predicted octanol–water partition coefficient (Wildman–Crippen LogP) is 2.93. The van der Waals surface area contributed by atoms with Gasteiger partial charge in [0.15, 0.2) is 0 Å². The predicted molar refractivity (Wildman–Crippen MR) is 88.6 cm³/mol. The van der Waals surface area contributed by atoms with Crippen molar-refractivity contribution in [3.8, 4) is 5.75 Å². The van der Waals surface area contributed by atoms with Gasteiger partial charge in [0.2, 0.25) is 5.01 Å². The van der Waals surface area contributed by atoms with E-state index in [1.54, 1.807) is 6.92 Å². The number of fused-ring (bicyclic) bond motifs is 1. The zero-order valence-electron chi connectivity index (χ0n) is 12.9. The van der Waals surface area contributed by atoms with Crippen molar-refractivity contribution >= 4 is 23.5 Å². The van der Waals surface area contributed by atoms with Crippen LogP contribution in [0.15, 0.2) is 30.3 Å². The first kappa shape index (κ1) is 14.4. The quantitative estimate of drug-likeness (QED) is 0.808. The Morgan fingerprint density at radius 3 is 3.09 bits per heavy atom. The van der Waals surface area contributed by atoms with Gasteiger partial charge in [0, 0.05) is 12.1 Å². The van der Waals surface area contributed by atoms with Crippen LogP contribution in [0.3, 0.4) is 0 Å². The molecule has 1 unspecified atom stereocenters. The number of aromatic nitrogens is 2. The highest BCUT2D eigenvalue weighted by atomic mass is 32.1. The van der Waals surface area contributed by atoms with Crippen molar-refractivity contribution in [2.45, 2.75) is 25.4 Å². The first-order valence-electron chi connectivity index (χ1n) is 7.72. The van der Waals surface area contributed by atoms with E-state index in [0.29, 0.717) is 17.4 Å². The lowest BCUT2D eigenvalue weighted by molar-refractivity contribution is 0.0235. The van der Waals surface area contributed by atoms with Crippen LogP contribution < -0.4 is 4.74 Å². The number of amides is 1. The Morgan fingerprint density at radius 2 is 2.26 bits per heavy atom. The smallest absolute Gasteiger partial charge is 0.284 e. The van der Waals surface area contributed by atoms with Gasteiger partial charge in [-0.25, -0.2) is 4.98 Å². The van der Waals surface area contributed by atoms with E-state index in [4.69, 9.17) is 4.74 Å². The maximum atomic E-state index is 12.6. The van der Waals surface area contributed by atoms with E-state index in [9.17, 15) is 4.79 Å². The minimum Gasteiger partial charge on any atom is -0.481 e. The number of carbonyl (C=O) groups is 1. The van der Waals surface area contributed by atoms with E-state index in [2.05, 4.69) is 21.5 Å². The Kier molecular flexibility index (Phi) is 3.41. The van der Waals surface area contributed by atoms with Crippen molar-refractivity contribution in [2.75, 3.05) is 13.1 Å². The molecule has 2 aliphatic rings. The number of aryl methyl sites for hydroxylation is 1. The topological polar surface area (TPSA) is 55.3 Å². The van der Waals surface area contributed by atoms with Crippen LogP contribution in [0.25, 0.3) is 6.08 Å². The van der Waals surface area contributed by atoms with Gasteiger partial charge in [-0.3, -0.25) is 4.79 Å². The van der Waals surface area contributed by atoms with Crippen LogP contribution in [0.1, 0.15) is 34.0 Å². The summed E-state index contributed by atoms with van der Waals surface area (Å²) in [4.78, 5) is 18.7. The van der Waals surface area contributed by atoms with Gasteiger partial charge in [-0.05, 0) is 43.4 Å². The summed E-state index contributed by atoms with van der Waals surface area (Å²) in [5.41, 5.74) is 0.656. The third-order valence-corrected chi connectivity index (χ3v) is 5.08. The number of ether oxygens (including phenoxy) is 1. The van der Waals surface area contributed by atoms with Crippen LogP contribution in [0.4, 0.5) is 0 Å². The summed E-state index contributed by atoms with van der Waals surface area (Å²) in [5, 5.41) is 0.458. The summed E-state index contributed by atoms with van der Waals surface area (Å²) in [6.45, 7) is 3.09. The standard InChI is InChI=1S/C17H17N3O2S/c1-12-18-15(23-19-12)16(21)20-10-4-8-17(11-20)9-7-13-5-2-3-6-14(13)22-17/h2-3,5-7,9H,4,8,10-11H2,1H3. The van der Waals surface area contributed by atoms with Gasteiger partial charge < -0.3 is 9.64 Å². The van der Waals surface area contributed by atoms with Crippen molar-refractivity contribution in [1.82, 2.24) is 14.3 Å². The molecule has 0 radical (unpaired) electrons. The van der Waals surface area contributed by atoms with E-state index in [-0.39, 0.29) is 5.91 Å². The zero-order valence-corrected chi connectivity index (χ0v) is 13.7. The number of hydrogen-bond donors (Lipinski definition) is 0. The highest BCUT2D eigenvalue weighted by molar-refractivity contribution is 7.07. The molecule has 0 bridgehead atoms. The lowest BCUT2D eigenvalue weighted by Crippen LogP contribution is -2.53. The number of hydrogen-bond acceptors (Lipinski definition) is 5. The van der Waals surface area contributed by atoms with Crippen molar-refractivity contribution < 1.29 is 9.53 Å². The van der Waals surface area contributed by atoms with Crippen molar-refractivity contribution in [3.05, 3.63) is 46.7 Å². The van der Waals surface area contributed by atoms with Gasteiger partial charge in [0.05, 0.1) is 6.54 Å². The molecule has 2 aliphatic heterocycles. The Labute approximate surface area is 138 Å². The van der Waals surface area contributed by atoms with E-state index in [1.165, 1.54) is 0 Å². The average Bonchev–Trinajstić information content (AvgIpc) is 3.00. The molecule has 0 N–H and O–H groups in total. The number of piperidine rings is 1. The first-order valence-corrected chi connectivity index (χ1v) is 8.49. The second-order valence-corrected chi connectivity index (χ2v) is 6.77. The molecule has 1 aromatic heterocycles. The largest absolute Gasteiger partial charge is 0.481 e. The molecule has 6 heteroatoms. The van der Waals surface area contributed by atoms with Gasteiger partial charge in [0.25, 0.3) is 5.91 Å². The van der Waals surface area contributed by atoms with Crippen LogP contribution >= 0.6 is 11.5 Å². The van der Waals surface area contributed by atoms with Crippen molar-refractivity contribution in [1.29, 1.82) is 0 Å². The monoisotopic (exact) mass is 327 g/mol. The van der Waals surface area contributed by atoms with Gasteiger partial charge in [-0.1, -0.05) is 24.3 Å². The molecule has 118 valence electrons. The highest BCUT2D eigenvalue weighted by Gasteiger charge is 2.39. The lowest BCUT2D eigenvalue weighted by atomic mass is 9.89. The normalized spacial score (nSPS) is 22.7. The molecule has 3 heterocycles. The third kappa shape index (κ3) is 2.63. The van der Waals surface area contributed by atoms with Crippen LogP contribution in [0.2, 0.25) is 0 Å². The summed E-state index contributed by atoms with van der Waals surface area (Å²) in [7, 11) is 0. The summed E-state index contributed by atoms with van der Waals surface area (Å²) < 4.78 is 10.4. The van der Waals surface area contributed by atoms with Crippen LogP contribution in [-0.2, 0) is 0 Å². The summed E-state index contributed by atoms with van der Waals surface area (Å²) >= 11 is 1.16. The second-order valence-electron chi connectivity index (χ2n) is 6.02. The molecule has 5 nitrogen and oxygen atoms in total. The van der Waals surface area contributed by atoms with Crippen molar-refractivity contribution in [2.24, 2.45) is 0 Å². The highest BCUT2D eigenvalue weighted by Crippen LogP contribution is 2.36. The van der Waals surface area contributed by atoms with Crippen LogP contribution in [-0.4, -0.2) is 38.9 Å². The summed E-state index contributed by atoms with van der Waals surface area (Å²) in [6.07, 6.45) is 6.02. The van der Waals surface area contributed by atoms with Gasteiger partial charge in [0.1, 0.15) is 17.2 Å². The maximum Gasteiger partial charge on any atom is 0.284 e. The summed E-state index contributed by atoms with van der Waals surface area (Å²) in [6, 6.07) is 7.99. The summed E-state index contributed by atoms with van der Waals surface area (Å²) in [5.74, 6) is 1.48. The molecule has 0 saturated carbocycles. The van der Waals surface area contributed by atoms with Gasteiger partial charge in [-0.2, -0.15) is 4.37 Å². The molecule has 0 aliphatic carbocycles. The Hall–Kier alpha value is -2.21. The van der Waals surface area contributed by atoms with Gasteiger partial charge >= 0.3 is 0 Å². The SMILES string of the molecule is Cc1nsc(C(=O)N2CCCC3(C=Cc4ccccc4O3)C2)n1. The number of rotatable bonds is 1. The first-order chi connectivity index (χ1) is 11.2. The molecule has 1 amide bonds. The number of nitrogens with zero attached hydrogens (tertiary/aromatic N) is 3. The maximum absolute atomic E-state index is 12.6. The molecule has 2 aromatic rings. The fraction of sp³-hybridized carbons (Fsp3) is 0.353. The molecule has 4 rings (SSSR count). The lowest BCUT2D eigenvalue weighted by Gasteiger charge is -2.42. The Morgan fingerprint density at radius 1 is 1.39 bits per heavy atom. The van der Waals surface area contributed by atoms with Gasteiger partial charge in [-0.15, -0.1) is 0 Å². The van der Waals surface area contributed by atoms with Crippen molar-refractivity contribution in [3.63, 3.8) is 0 Å². The number of likely N-dealkylation sites (tertiary alicyclic amines) is 1. The van der Waals surface area contributed by atoms with E-state index in [0.717, 1.165) is 42.2 Å². The number of para-hydroxylation sites is 1. The Bertz CT molecular complexity index is 786. The molecule has 1 spiro atoms. The molecular weight excluding hydrogens is 310 g/mol. The number of carbonyl (C=O) groups excluding carboxylic acids is 1. The third-order valence-electron chi connectivity index (χ3n) is 4.28. The molecule has 1 aromatic carbocycles. The molecule has 1 saturated heterocycles. The molecule has 1 fully saturated rings.